The first-order chi connectivity index (χ1) is 7.15. The first-order valence-corrected chi connectivity index (χ1v) is 6.79. The Morgan fingerprint density at radius 3 is 2.80 bits per heavy atom. The third-order valence-electron chi connectivity index (χ3n) is 2.49. The molecule has 1 heterocycles. The van der Waals surface area contributed by atoms with E-state index >= 15 is 0 Å². The van der Waals surface area contributed by atoms with E-state index in [1.165, 1.54) is 6.42 Å². The summed E-state index contributed by atoms with van der Waals surface area (Å²) in [6.45, 7) is 2.26. The summed E-state index contributed by atoms with van der Waals surface area (Å²) in [7, 11) is 0. The molecule has 1 N–H and O–H groups in total. The van der Waals surface area contributed by atoms with E-state index in [0.717, 1.165) is 16.7 Å². The van der Waals surface area contributed by atoms with Gasteiger partial charge < -0.3 is 5.32 Å². The van der Waals surface area contributed by atoms with Crippen LogP contribution < -0.4 is 5.32 Å². The van der Waals surface area contributed by atoms with Crippen LogP contribution in [0.5, 0.6) is 0 Å². The van der Waals surface area contributed by atoms with Crippen LogP contribution in [-0.2, 0) is 0 Å². The number of hydrogen-bond acceptors (Lipinski definition) is 2. The smallest absolute Gasteiger partial charge is 0.0652 e. The topological polar surface area (TPSA) is 12.0 Å². The van der Waals surface area contributed by atoms with Gasteiger partial charge in [0.05, 0.1) is 10.7 Å². The molecule has 1 nitrogen and oxygen atoms in total. The minimum absolute atomic E-state index is 0.531. The summed E-state index contributed by atoms with van der Waals surface area (Å²) >= 11 is 13.9. The Morgan fingerprint density at radius 1 is 1.40 bits per heavy atom. The zero-order chi connectivity index (χ0) is 10.8. The van der Waals surface area contributed by atoms with E-state index in [1.807, 2.05) is 23.9 Å². The first kappa shape index (κ1) is 11.4. The average molecular weight is 262 g/mol. The van der Waals surface area contributed by atoms with E-state index in [4.69, 9.17) is 23.2 Å². The van der Waals surface area contributed by atoms with Gasteiger partial charge in [-0.15, -0.1) is 0 Å². The van der Waals surface area contributed by atoms with Crippen LogP contribution in [0.1, 0.15) is 13.3 Å². The van der Waals surface area contributed by atoms with Gasteiger partial charge in [0.25, 0.3) is 0 Å². The first-order valence-electron chi connectivity index (χ1n) is 4.98. The van der Waals surface area contributed by atoms with Gasteiger partial charge in [0.15, 0.2) is 0 Å². The summed E-state index contributed by atoms with van der Waals surface area (Å²) in [5, 5.41) is 5.58. The third kappa shape index (κ3) is 2.96. The summed E-state index contributed by atoms with van der Waals surface area (Å²) in [6.07, 6.45) is 1.20. The molecule has 15 heavy (non-hydrogen) atoms. The minimum Gasteiger partial charge on any atom is -0.380 e. The Hall–Kier alpha value is -0.0500. The highest BCUT2D eigenvalue weighted by molar-refractivity contribution is 8.00. The van der Waals surface area contributed by atoms with Crippen molar-refractivity contribution in [3.63, 3.8) is 0 Å². The van der Waals surface area contributed by atoms with Crippen molar-refractivity contribution < 1.29 is 0 Å². The zero-order valence-corrected chi connectivity index (χ0v) is 10.8. The maximum absolute atomic E-state index is 6.09. The summed E-state index contributed by atoms with van der Waals surface area (Å²) in [6, 6.07) is 6.11. The molecule has 0 aromatic heterocycles. The molecule has 0 bridgehead atoms. The van der Waals surface area contributed by atoms with Crippen LogP contribution in [0.25, 0.3) is 0 Å². The van der Waals surface area contributed by atoms with Gasteiger partial charge in [-0.3, -0.25) is 0 Å². The molecule has 1 aliphatic heterocycles. The number of thioether (sulfide) groups is 1. The fourth-order valence-electron chi connectivity index (χ4n) is 1.74. The van der Waals surface area contributed by atoms with Gasteiger partial charge in [-0.1, -0.05) is 30.1 Å². The van der Waals surface area contributed by atoms with Crippen LogP contribution in [0.15, 0.2) is 18.2 Å². The second kappa shape index (κ2) is 4.86. The third-order valence-corrected chi connectivity index (χ3v) is 4.39. The lowest BCUT2D eigenvalue weighted by atomic mass is 10.2. The second-order valence-electron chi connectivity index (χ2n) is 3.85. The molecule has 1 fully saturated rings. The van der Waals surface area contributed by atoms with Gasteiger partial charge >= 0.3 is 0 Å². The monoisotopic (exact) mass is 261 g/mol. The van der Waals surface area contributed by atoms with Crippen molar-refractivity contribution in [1.82, 2.24) is 0 Å². The second-order valence-corrected chi connectivity index (χ2v) is 6.16. The fraction of sp³-hybridized carbons (Fsp3) is 0.455. The van der Waals surface area contributed by atoms with Crippen molar-refractivity contribution in [2.45, 2.75) is 24.6 Å². The van der Waals surface area contributed by atoms with Gasteiger partial charge in [0, 0.05) is 22.1 Å². The molecule has 0 amide bonds. The number of nitrogens with one attached hydrogen (secondary N) is 1. The molecule has 1 aromatic carbocycles. The molecule has 2 atom stereocenters. The molecule has 82 valence electrons. The number of halogens is 2. The largest absolute Gasteiger partial charge is 0.380 e. The van der Waals surface area contributed by atoms with Gasteiger partial charge in [0.2, 0.25) is 0 Å². The maximum Gasteiger partial charge on any atom is 0.0652 e. The van der Waals surface area contributed by atoms with Crippen LogP contribution >= 0.6 is 35.0 Å². The van der Waals surface area contributed by atoms with Crippen LogP contribution in [0, 0.1) is 0 Å². The standard InChI is InChI=1S/C11H13Cl2NS/c1-7-4-9(6-15-7)14-11-3-2-8(12)5-10(11)13/h2-3,5,7,9,14H,4,6H2,1H3. The van der Waals surface area contributed by atoms with Gasteiger partial charge in [-0.2, -0.15) is 11.8 Å². The Bertz CT molecular complexity index is 356. The molecule has 0 saturated carbocycles. The lowest BCUT2D eigenvalue weighted by Gasteiger charge is -2.14. The van der Waals surface area contributed by atoms with E-state index in [1.54, 1.807) is 6.07 Å². The molecule has 0 spiro atoms. The highest BCUT2D eigenvalue weighted by atomic mass is 35.5. The summed E-state index contributed by atoms with van der Waals surface area (Å²) in [5.74, 6) is 1.15. The SMILES string of the molecule is CC1CC(Nc2ccc(Cl)cc2Cl)CS1. The number of benzene rings is 1. The molecule has 0 radical (unpaired) electrons. The predicted molar refractivity (Wildman–Crippen MR) is 70.4 cm³/mol. The van der Waals surface area contributed by atoms with E-state index in [9.17, 15) is 0 Å². The fourth-order valence-corrected chi connectivity index (χ4v) is 3.36. The molecular weight excluding hydrogens is 249 g/mol. The molecule has 2 unspecified atom stereocenters. The molecule has 4 heteroatoms. The average Bonchev–Trinajstić information content (AvgIpc) is 2.56. The van der Waals surface area contributed by atoms with Crippen molar-refractivity contribution in [1.29, 1.82) is 0 Å². The van der Waals surface area contributed by atoms with Crippen LogP contribution in [-0.4, -0.2) is 17.0 Å². The van der Waals surface area contributed by atoms with E-state index in [-0.39, 0.29) is 0 Å². The van der Waals surface area contributed by atoms with Crippen molar-refractivity contribution in [3.05, 3.63) is 28.2 Å². The van der Waals surface area contributed by atoms with Crippen molar-refractivity contribution in [3.8, 4) is 0 Å². The van der Waals surface area contributed by atoms with Crippen LogP contribution in [0.2, 0.25) is 10.0 Å². The number of hydrogen-bond donors (Lipinski definition) is 1. The molecule has 1 saturated heterocycles. The Kier molecular flexibility index (Phi) is 3.70. The molecule has 1 aromatic rings. The zero-order valence-electron chi connectivity index (χ0n) is 8.47. The minimum atomic E-state index is 0.531. The number of rotatable bonds is 2. The highest BCUT2D eigenvalue weighted by Gasteiger charge is 2.21. The quantitative estimate of drug-likeness (QED) is 0.852. The van der Waals surface area contributed by atoms with Crippen molar-refractivity contribution in [2.24, 2.45) is 0 Å². The molecule has 2 rings (SSSR count). The van der Waals surface area contributed by atoms with Gasteiger partial charge in [0.1, 0.15) is 0 Å². The van der Waals surface area contributed by atoms with Gasteiger partial charge in [-0.25, -0.2) is 0 Å². The van der Waals surface area contributed by atoms with E-state index in [2.05, 4.69) is 12.2 Å². The van der Waals surface area contributed by atoms with Gasteiger partial charge in [-0.05, 0) is 24.6 Å². The molecule has 0 aliphatic carbocycles. The van der Waals surface area contributed by atoms with E-state index < -0.39 is 0 Å². The lowest BCUT2D eigenvalue weighted by Crippen LogP contribution is -2.19. The van der Waals surface area contributed by atoms with Crippen molar-refractivity contribution >= 4 is 40.7 Å². The highest BCUT2D eigenvalue weighted by Crippen LogP contribution is 2.31. The van der Waals surface area contributed by atoms with Crippen LogP contribution in [0.3, 0.4) is 0 Å². The molecule has 1 aliphatic rings. The normalized spacial score (nSPS) is 25.5. The molecular formula is C11H13Cl2NS. The number of anilines is 1. The lowest BCUT2D eigenvalue weighted by molar-refractivity contribution is 0.747. The Balaban J connectivity index is 2.04. The maximum atomic E-state index is 6.09. The Morgan fingerprint density at radius 2 is 2.20 bits per heavy atom. The Labute approximate surface area is 105 Å². The van der Waals surface area contributed by atoms with E-state index in [0.29, 0.717) is 16.1 Å². The summed E-state index contributed by atoms with van der Waals surface area (Å²) in [5.41, 5.74) is 0.987. The summed E-state index contributed by atoms with van der Waals surface area (Å²) < 4.78 is 0. The summed E-state index contributed by atoms with van der Waals surface area (Å²) in [4.78, 5) is 0. The van der Waals surface area contributed by atoms with Crippen LogP contribution in [0.4, 0.5) is 5.69 Å². The predicted octanol–water partition coefficient (Wildman–Crippen LogP) is 4.30. The van der Waals surface area contributed by atoms with Crippen molar-refractivity contribution in [2.75, 3.05) is 11.1 Å².